The highest BCUT2D eigenvalue weighted by molar-refractivity contribution is 7.99. The summed E-state index contributed by atoms with van der Waals surface area (Å²) in [6, 6.07) is 34.6. The molecule has 0 radical (unpaired) electrons. The standard InChI is InChI=1S/C36H34N2O3S2/c1-25(39)41-22-8-24-43-29-19-15-27(16-20-29)36(26-13-17-28(18-14-26)42-23-7-21-40-2)31-10-4-3-9-30(31)34-35(36)38-33-12-6-5-11-32(33)37-34/h3-6,9-20H,7-8,21-24H2,1-2H3. The molecule has 43 heavy (non-hydrogen) atoms. The van der Waals surface area contributed by atoms with Crippen molar-refractivity contribution in [3.63, 3.8) is 0 Å². The molecule has 0 amide bonds. The third-order valence-corrected chi connectivity index (χ3v) is 9.91. The number of methoxy groups -OCH3 is 1. The zero-order valence-corrected chi connectivity index (χ0v) is 26.0. The highest BCUT2D eigenvalue weighted by Gasteiger charge is 2.48. The number of thioether (sulfide) groups is 2. The minimum atomic E-state index is -0.610. The third kappa shape index (κ3) is 5.94. The van der Waals surface area contributed by atoms with Crippen LogP contribution in [0.4, 0.5) is 0 Å². The molecule has 0 N–H and O–H groups in total. The number of carbonyl (C=O) groups excluding carboxylic acids is 1. The number of fused-ring (bicyclic) bond motifs is 4. The molecule has 218 valence electrons. The molecule has 0 bridgehead atoms. The Kier molecular flexibility index (Phi) is 9.12. The molecule has 5 aromatic rings. The fourth-order valence-corrected chi connectivity index (χ4v) is 7.46. The van der Waals surface area contributed by atoms with Crippen molar-refractivity contribution in [1.82, 2.24) is 9.97 Å². The van der Waals surface area contributed by atoms with E-state index in [1.165, 1.54) is 27.8 Å². The van der Waals surface area contributed by atoms with E-state index in [1.54, 1.807) is 18.9 Å². The average molecular weight is 607 g/mol. The van der Waals surface area contributed by atoms with Crippen LogP contribution in [0.1, 0.15) is 42.1 Å². The Bertz CT molecular complexity index is 1720. The Morgan fingerprint density at radius 3 is 1.88 bits per heavy atom. The van der Waals surface area contributed by atoms with Crippen molar-refractivity contribution in [1.29, 1.82) is 0 Å². The number of hydrogen-bond donors (Lipinski definition) is 0. The zero-order chi connectivity index (χ0) is 29.6. The highest BCUT2D eigenvalue weighted by atomic mass is 32.2. The largest absolute Gasteiger partial charge is 0.466 e. The van der Waals surface area contributed by atoms with Crippen molar-refractivity contribution in [2.45, 2.75) is 35.0 Å². The summed E-state index contributed by atoms with van der Waals surface area (Å²) < 4.78 is 10.3. The van der Waals surface area contributed by atoms with Gasteiger partial charge in [-0.3, -0.25) is 4.79 Å². The number of ether oxygens (including phenoxy) is 2. The molecular weight excluding hydrogens is 573 g/mol. The normalized spacial score (nSPS) is 15.3. The highest BCUT2D eigenvalue weighted by Crippen LogP contribution is 2.55. The average Bonchev–Trinajstić information content (AvgIpc) is 3.32. The van der Waals surface area contributed by atoms with E-state index in [2.05, 4.69) is 72.8 Å². The molecule has 1 atom stereocenters. The fraction of sp³-hybridized carbons (Fsp3) is 0.250. The van der Waals surface area contributed by atoms with Crippen LogP contribution in [0.25, 0.3) is 22.3 Å². The lowest BCUT2D eigenvalue weighted by Gasteiger charge is -2.32. The van der Waals surface area contributed by atoms with Gasteiger partial charge in [0.1, 0.15) is 0 Å². The van der Waals surface area contributed by atoms with Crippen molar-refractivity contribution in [3.8, 4) is 11.3 Å². The van der Waals surface area contributed by atoms with Gasteiger partial charge in [0.25, 0.3) is 0 Å². The topological polar surface area (TPSA) is 61.3 Å². The zero-order valence-electron chi connectivity index (χ0n) is 24.4. The maximum atomic E-state index is 11.1. The lowest BCUT2D eigenvalue weighted by molar-refractivity contribution is -0.140. The van der Waals surface area contributed by atoms with Crippen molar-refractivity contribution in [3.05, 3.63) is 119 Å². The third-order valence-electron chi connectivity index (χ3n) is 7.71. The van der Waals surface area contributed by atoms with E-state index < -0.39 is 5.41 Å². The first-order valence-electron chi connectivity index (χ1n) is 14.6. The van der Waals surface area contributed by atoms with E-state index in [1.807, 2.05) is 36.0 Å². The number of para-hydroxylation sites is 2. The van der Waals surface area contributed by atoms with Gasteiger partial charge in [-0.1, -0.05) is 60.7 Å². The van der Waals surface area contributed by atoms with Crippen LogP contribution in [-0.2, 0) is 19.7 Å². The van der Waals surface area contributed by atoms with E-state index in [-0.39, 0.29) is 5.97 Å². The van der Waals surface area contributed by atoms with Gasteiger partial charge in [0, 0.05) is 47.5 Å². The first-order valence-corrected chi connectivity index (χ1v) is 16.5. The van der Waals surface area contributed by atoms with Gasteiger partial charge in [-0.25, -0.2) is 9.97 Å². The summed E-state index contributed by atoms with van der Waals surface area (Å²) in [5, 5.41) is 0. The molecule has 1 unspecified atom stereocenters. The van der Waals surface area contributed by atoms with Gasteiger partial charge in [0.15, 0.2) is 0 Å². The second kappa shape index (κ2) is 13.3. The van der Waals surface area contributed by atoms with Crippen molar-refractivity contribution in [2.75, 3.05) is 31.8 Å². The minimum absolute atomic E-state index is 0.231. The van der Waals surface area contributed by atoms with Gasteiger partial charge in [0.05, 0.1) is 34.4 Å². The molecule has 4 aromatic carbocycles. The predicted octanol–water partition coefficient (Wildman–Crippen LogP) is 8.17. The van der Waals surface area contributed by atoms with Crippen LogP contribution in [0.3, 0.4) is 0 Å². The number of esters is 1. The van der Waals surface area contributed by atoms with E-state index in [0.29, 0.717) is 6.61 Å². The Hall–Kier alpha value is -3.65. The molecule has 1 aliphatic carbocycles. The first-order chi connectivity index (χ1) is 21.1. The van der Waals surface area contributed by atoms with Gasteiger partial charge in [0.2, 0.25) is 0 Å². The van der Waals surface area contributed by atoms with Gasteiger partial charge in [-0.05, 0) is 65.9 Å². The van der Waals surface area contributed by atoms with Crippen LogP contribution < -0.4 is 0 Å². The second-order valence-corrected chi connectivity index (χ2v) is 12.8. The second-order valence-electron chi connectivity index (χ2n) is 10.5. The molecular formula is C36H34N2O3S2. The molecule has 1 aliphatic rings. The van der Waals surface area contributed by atoms with Gasteiger partial charge >= 0.3 is 5.97 Å². The number of nitrogens with zero attached hydrogens (tertiary/aromatic N) is 2. The molecule has 0 spiro atoms. The minimum Gasteiger partial charge on any atom is -0.466 e. The molecule has 1 heterocycles. The summed E-state index contributed by atoms with van der Waals surface area (Å²) in [5.74, 6) is 1.66. The maximum absolute atomic E-state index is 11.1. The predicted molar refractivity (Wildman–Crippen MR) is 176 cm³/mol. The lowest BCUT2D eigenvalue weighted by atomic mass is 9.69. The van der Waals surface area contributed by atoms with Gasteiger partial charge < -0.3 is 9.47 Å². The van der Waals surface area contributed by atoms with Crippen LogP contribution in [0, 0.1) is 0 Å². The number of carbonyl (C=O) groups is 1. The molecule has 0 aliphatic heterocycles. The molecule has 0 saturated carbocycles. The van der Waals surface area contributed by atoms with Crippen LogP contribution in [-0.4, -0.2) is 47.8 Å². The Balaban J connectivity index is 1.43. The fourth-order valence-electron chi connectivity index (χ4n) is 5.81. The van der Waals surface area contributed by atoms with Crippen LogP contribution in [0.5, 0.6) is 0 Å². The van der Waals surface area contributed by atoms with Crippen LogP contribution in [0.15, 0.2) is 107 Å². The molecule has 0 fully saturated rings. The monoisotopic (exact) mass is 606 g/mol. The molecule has 7 heteroatoms. The first kappa shape index (κ1) is 29.4. The number of benzene rings is 4. The molecule has 6 rings (SSSR count). The molecule has 0 saturated heterocycles. The molecule has 1 aromatic heterocycles. The van der Waals surface area contributed by atoms with Crippen LogP contribution >= 0.6 is 23.5 Å². The van der Waals surface area contributed by atoms with Crippen molar-refractivity contribution in [2.24, 2.45) is 0 Å². The summed E-state index contributed by atoms with van der Waals surface area (Å²) in [5.41, 5.74) is 7.74. The smallest absolute Gasteiger partial charge is 0.302 e. The summed E-state index contributed by atoms with van der Waals surface area (Å²) in [7, 11) is 1.75. The summed E-state index contributed by atoms with van der Waals surface area (Å²) in [4.78, 5) is 24.0. The molecule has 5 nitrogen and oxygen atoms in total. The van der Waals surface area contributed by atoms with Gasteiger partial charge in [-0.15, -0.1) is 23.5 Å². The summed E-state index contributed by atoms with van der Waals surface area (Å²) in [6.07, 6.45) is 1.83. The Labute approximate surface area is 261 Å². The lowest BCUT2D eigenvalue weighted by Crippen LogP contribution is -2.29. The van der Waals surface area contributed by atoms with E-state index in [0.717, 1.165) is 64.5 Å². The summed E-state index contributed by atoms with van der Waals surface area (Å²) in [6.45, 7) is 2.67. The number of aromatic nitrogens is 2. The van der Waals surface area contributed by atoms with E-state index >= 15 is 0 Å². The van der Waals surface area contributed by atoms with Crippen LogP contribution in [0.2, 0.25) is 0 Å². The quantitative estimate of drug-likeness (QED) is 0.0791. The van der Waals surface area contributed by atoms with Gasteiger partial charge in [-0.2, -0.15) is 0 Å². The Morgan fingerprint density at radius 2 is 1.28 bits per heavy atom. The summed E-state index contributed by atoms with van der Waals surface area (Å²) >= 11 is 3.63. The van der Waals surface area contributed by atoms with Crippen molar-refractivity contribution < 1.29 is 14.3 Å². The van der Waals surface area contributed by atoms with E-state index in [4.69, 9.17) is 19.4 Å². The Morgan fingerprint density at radius 1 is 0.721 bits per heavy atom. The maximum Gasteiger partial charge on any atom is 0.302 e. The van der Waals surface area contributed by atoms with Crippen molar-refractivity contribution >= 4 is 40.5 Å². The number of hydrogen-bond acceptors (Lipinski definition) is 7. The SMILES string of the molecule is COCCCSc1ccc(C2(c3ccc(SCCCOC(C)=O)cc3)c3ccccc3-c3nc4ccccc4nc32)cc1. The number of rotatable bonds is 12. The van der Waals surface area contributed by atoms with E-state index in [9.17, 15) is 4.79 Å².